The SMILES string of the molecule is [Al+3].[As-3].[As-3].[Ga+3].[P]. The number of hydrogen-bond acceptors (Lipinski definition) is 0. The van der Waals surface area contributed by atoms with Crippen LogP contribution in [-0.2, 0) is 0 Å². The fourth-order valence-corrected chi connectivity index (χ4v) is 0. The van der Waals surface area contributed by atoms with E-state index >= 15 is 0 Å². The minimum absolute atomic E-state index is 0. The summed E-state index contributed by atoms with van der Waals surface area (Å²) in [4.78, 5) is 0. The molecule has 0 aromatic heterocycles. The van der Waals surface area contributed by atoms with Gasteiger partial charge in [-0.15, -0.1) is 0 Å². The molecule has 0 atom stereocenters. The fourth-order valence-electron chi connectivity index (χ4n) is 0. The van der Waals surface area contributed by atoms with Gasteiger partial charge in [-0.25, -0.2) is 0 Å². The first kappa shape index (κ1) is 47.2. The van der Waals surface area contributed by atoms with E-state index in [9.17, 15) is 0 Å². The molecule has 0 saturated heterocycles. The maximum absolute atomic E-state index is 0. The molecule has 0 saturated carbocycles. The fraction of sp³-hybridized carbons (Fsp3) is 0. The molecule has 3 radical (unpaired) electrons. The van der Waals surface area contributed by atoms with Gasteiger partial charge in [0.05, 0.1) is 0 Å². The summed E-state index contributed by atoms with van der Waals surface area (Å²) >= 11 is 0. The van der Waals surface area contributed by atoms with Crippen molar-refractivity contribution in [3.63, 3.8) is 0 Å². The summed E-state index contributed by atoms with van der Waals surface area (Å²) in [6, 6.07) is 0. The number of hydrogen-bond donors (Lipinski definition) is 0. The molecule has 0 N–H and O–H groups in total. The molecule has 0 aliphatic rings. The van der Waals surface area contributed by atoms with Gasteiger partial charge in [0.15, 0.2) is 0 Å². The molecule has 0 fully saturated rings. The monoisotopic (exact) mass is 277 g/mol. The third-order valence-electron chi connectivity index (χ3n) is 0. The molecule has 0 unspecified atom stereocenters. The molecule has 0 aliphatic heterocycles. The Bertz CT molecular complexity index is 9.61. The van der Waals surface area contributed by atoms with Crippen molar-refractivity contribution >= 4 is 83.0 Å². The quantitative estimate of drug-likeness (QED) is 0.407. The van der Waals surface area contributed by atoms with E-state index in [-0.39, 0.29) is 83.0 Å². The Morgan fingerprint density at radius 3 is 0.800 bits per heavy atom. The van der Waals surface area contributed by atoms with Crippen LogP contribution < -0.4 is 0 Å². The third-order valence-corrected chi connectivity index (χ3v) is 0. The van der Waals surface area contributed by atoms with Gasteiger partial charge in [0, 0.05) is 9.90 Å². The summed E-state index contributed by atoms with van der Waals surface area (Å²) in [5.41, 5.74) is 0. The minimum Gasteiger partial charge on any atom is -3.00 e. The third kappa shape index (κ3) is 20.2. The van der Waals surface area contributed by atoms with Crippen molar-refractivity contribution < 1.29 is 0 Å². The van der Waals surface area contributed by atoms with Crippen molar-refractivity contribution in [1.82, 2.24) is 0 Å². The Morgan fingerprint density at radius 2 is 0.800 bits per heavy atom. The topological polar surface area (TPSA) is 0 Å². The first-order chi connectivity index (χ1) is 0. The van der Waals surface area contributed by atoms with Crippen LogP contribution in [0.15, 0.2) is 0 Å². The van der Waals surface area contributed by atoms with Gasteiger partial charge in [0.25, 0.3) is 0 Å². The Balaban J connectivity index is 0. The van der Waals surface area contributed by atoms with Crippen molar-refractivity contribution in [3.05, 3.63) is 0 Å². The normalized spacial score (nSPS) is 0. The molecule has 0 aromatic carbocycles. The van der Waals surface area contributed by atoms with E-state index in [2.05, 4.69) is 0 Å². The van der Waals surface area contributed by atoms with E-state index in [1.807, 2.05) is 0 Å². The van der Waals surface area contributed by atoms with E-state index < -0.39 is 0 Å². The van der Waals surface area contributed by atoms with Crippen LogP contribution in [0.25, 0.3) is 0 Å². The molecule has 5 heavy (non-hydrogen) atoms. The van der Waals surface area contributed by atoms with Gasteiger partial charge in [-0.2, -0.15) is 0 Å². The van der Waals surface area contributed by atoms with Crippen molar-refractivity contribution in [3.8, 4) is 0 Å². The second kappa shape index (κ2) is 29.7. The van der Waals surface area contributed by atoms with Gasteiger partial charge in [0.1, 0.15) is 0 Å². The van der Waals surface area contributed by atoms with Crippen LogP contribution in [0.3, 0.4) is 0 Å². The van der Waals surface area contributed by atoms with Gasteiger partial charge >= 0.3 is 37.2 Å². The van der Waals surface area contributed by atoms with Crippen molar-refractivity contribution in [2.24, 2.45) is 0 Å². The van der Waals surface area contributed by atoms with Gasteiger partial charge in [0.2, 0.25) is 0 Å². The van der Waals surface area contributed by atoms with E-state index in [0.717, 1.165) is 0 Å². The first-order valence-corrected chi connectivity index (χ1v) is 0. The molecule has 0 rings (SSSR count). The summed E-state index contributed by atoms with van der Waals surface area (Å²) in [5.74, 6) is 0. The predicted molar refractivity (Wildman–Crippen MR) is 29.9 cm³/mol. The van der Waals surface area contributed by atoms with Crippen molar-refractivity contribution in [2.45, 2.75) is 0 Å². The Labute approximate surface area is 82.0 Å². The van der Waals surface area contributed by atoms with Crippen LogP contribution in [-0.4, -0.2) is 73.1 Å². The summed E-state index contributed by atoms with van der Waals surface area (Å²) < 4.78 is 0. The Kier molecular flexibility index (Phi) is 281. The van der Waals surface area contributed by atoms with Crippen LogP contribution >= 0.6 is 9.90 Å². The molecule has 0 aliphatic carbocycles. The summed E-state index contributed by atoms with van der Waals surface area (Å²) in [7, 11) is 0. The van der Waals surface area contributed by atoms with E-state index in [0.29, 0.717) is 0 Å². The zero-order chi connectivity index (χ0) is 0. The molecule has 0 heterocycles. The molecular formula is AlAs2GaP. The molecule has 21 valence electrons. The maximum Gasteiger partial charge on any atom is 3.00 e. The predicted octanol–water partition coefficient (Wildman–Crippen LogP) is -0.662. The average Bonchev–Trinajstić information content (AvgIpc) is 0. The summed E-state index contributed by atoms with van der Waals surface area (Å²) in [6.45, 7) is 0. The second-order valence-electron chi connectivity index (χ2n) is 0. The smallest absolute Gasteiger partial charge is 3.00 e. The Hall–Kier alpha value is 2.72. The van der Waals surface area contributed by atoms with E-state index in [1.54, 1.807) is 0 Å². The van der Waals surface area contributed by atoms with Gasteiger partial charge in [-0.1, -0.05) is 0 Å². The van der Waals surface area contributed by atoms with Crippen LogP contribution in [0.1, 0.15) is 0 Å². The van der Waals surface area contributed by atoms with Crippen molar-refractivity contribution in [1.29, 1.82) is 0 Å². The van der Waals surface area contributed by atoms with Gasteiger partial charge < -0.3 is 35.9 Å². The maximum atomic E-state index is 0. The van der Waals surface area contributed by atoms with Crippen LogP contribution in [0.2, 0.25) is 0 Å². The van der Waals surface area contributed by atoms with E-state index in [1.165, 1.54) is 0 Å². The Morgan fingerprint density at radius 1 is 0.800 bits per heavy atom. The molecular weight excluding hydrogens is 278 g/mol. The molecule has 0 amide bonds. The standard InChI is InChI=1S/Al.2As.Ga.P/q+3;2*-3;+3;. The number of rotatable bonds is 0. The van der Waals surface area contributed by atoms with E-state index in [4.69, 9.17) is 0 Å². The van der Waals surface area contributed by atoms with Crippen LogP contribution in [0, 0.1) is 0 Å². The van der Waals surface area contributed by atoms with Crippen LogP contribution in [0.5, 0.6) is 0 Å². The zero-order valence-electron chi connectivity index (χ0n) is 2.50. The molecule has 0 spiro atoms. The van der Waals surface area contributed by atoms with Gasteiger partial charge in [-0.3, -0.25) is 0 Å². The van der Waals surface area contributed by atoms with Crippen LogP contribution in [0.4, 0.5) is 0 Å². The largest absolute Gasteiger partial charge is 3.00 e. The average molecular weight is 278 g/mol. The molecule has 0 bridgehead atoms. The molecule has 0 nitrogen and oxygen atoms in total. The van der Waals surface area contributed by atoms with Gasteiger partial charge in [-0.05, 0) is 0 Å². The van der Waals surface area contributed by atoms with Crippen molar-refractivity contribution in [2.75, 3.05) is 0 Å². The molecule has 0 aromatic rings. The zero-order valence-corrected chi connectivity index (χ0v) is 10.7. The molecule has 5 heteroatoms. The minimum atomic E-state index is 0. The summed E-state index contributed by atoms with van der Waals surface area (Å²) in [6.07, 6.45) is 0. The second-order valence-corrected chi connectivity index (χ2v) is 0. The first-order valence-electron chi connectivity index (χ1n) is 0. The summed E-state index contributed by atoms with van der Waals surface area (Å²) in [5, 5.41) is 0.